The number of amides is 1. The Kier molecular flexibility index (Phi) is 6.87. The number of aryl methyl sites for hydroxylation is 1. The minimum absolute atomic E-state index is 0.0149. The van der Waals surface area contributed by atoms with Crippen LogP contribution >= 0.6 is 0 Å². The van der Waals surface area contributed by atoms with Crippen molar-refractivity contribution < 1.29 is 31.1 Å². The van der Waals surface area contributed by atoms with Crippen molar-refractivity contribution in [3.8, 4) is 0 Å². The maximum Gasteiger partial charge on any atom is 0.416 e. The van der Waals surface area contributed by atoms with Gasteiger partial charge >= 0.3 is 6.18 Å². The summed E-state index contributed by atoms with van der Waals surface area (Å²) in [4.78, 5) is 12.3. The van der Waals surface area contributed by atoms with E-state index >= 15 is 0 Å². The van der Waals surface area contributed by atoms with Gasteiger partial charge in [-0.25, -0.2) is 8.42 Å². The summed E-state index contributed by atoms with van der Waals surface area (Å²) < 4.78 is 70.8. The summed E-state index contributed by atoms with van der Waals surface area (Å²) >= 11 is 0. The van der Waals surface area contributed by atoms with E-state index in [9.17, 15) is 26.4 Å². The Morgan fingerprint density at radius 1 is 1.10 bits per heavy atom. The Bertz CT molecular complexity index is 1050. The third-order valence-corrected chi connectivity index (χ3v) is 6.74. The van der Waals surface area contributed by atoms with Gasteiger partial charge in [0.2, 0.25) is 15.9 Å². The number of nitrogens with one attached hydrogen (secondary N) is 2. The minimum atomic E-state index is -4.51. The average molecular weight is 457 g/mol. The van der Waals surface area contributed by atoms with E-state index in [2.05, 4.69) is 10.6 Å². The molecule has 3 rings (SSSR count). The van der Waals surface area contributed by atoms with Gasteiger partial charge in [0.05, 0.1) is 30.2 Å². The first-order valence-electron chi connectivity index (χ1n) is 9.47. The summed E-state index contributed by atoms with van der Waals surface area (Å²) in [6.45, 7) is 2.60. The normalized spacial score (nSPS) is 15.5. The number of hydrogen-bond donors (Lipinski definition) is 2. The van der Waals surface area contributed by atoms with Crippen molar-refractivity contribution in [3.05, 3.63) is 53.6 Å². The molecule has 1 heterocycles. The molecule has 0 spiro atoms. The highest BCUT2D eigenvalue weighted by molar-refractivity contribution is 7.89. The largest absolute Gasteiger partial charge is 0.416 e. The van der Waals surface area contributed by atoms with Gasteiger partial charge in [-0.15, -0.1) is 0 Å². The highest BCUT2D eigenvalue weighted by atomic mass is 32.2. The topological polar surface area (TPSA) is 87.7 Å². The van der Waals surface area contributed by atoms with E-state index in [1.165, 1.54) is 22.5 Å². The quantitative estimate of drug-likeness (QED) is 0.696. The Hall–Kier alpha value is -2.63. The zero-order chi connectivity index (χ0) is 22.6. The number of halogens is 3. The number of ether oxygens (including phenoxy) is 1. The molecule has 0 radical (unpaired) electrons. The summed E-state index contributed by atoms with van der Waals surface area (Å²) in [5.41, 5.74) is 0.109. The van der Waals surface area contributed by atoms with E-state index in [1.54, 1.807) is 19.1 Å². The van der Waals surface area contributed by atoms with E-state index in [0.29, 0.717) is 24.5 Å². The molecule has 0 bridgehead atoms. The van der Waals surface area contributed by atoms with Crippen LogP contribution in [0.15, 0.2) is 47.4 Å². The summed E-state index contributed by atoms with van der Waals surface area (Å²) in [6.07, 6.45) is -4.51. The minimum Gasteiger partial charge on any atom is -0.379 e. The molecule has 31 heavy (non-hydrogen) atoms. The van der Waals surface area contributed by atoms with Gasteiger partial charge in [-0.3, -0.25) is 4.79 Å². The van der Waals surface area contributed by atoms with Crippen LogP contribution in [0.4, 0.5) is 24.5 Å². The molecule has 0 unspecified atom stereocenters. The number of morpholine rings is 1. The maximum atomic E-state index is 12.9. The molecule has 2 aromatic carbocycles. The van der Waals surface area contributed by atoms with Crippen LogP contribution in [0.2, 0.25) is 0 Å². The van der Waals surface area contributed by atoms with E-state index < -0.39 is 27.7 Å². The van der Waals surface area contributed by atoms with Crippen LogP contribution < -0.4 is 10.6 Å². The molecular weight excluding hydrogens is 435 g/mol. The Labute approximate surface area is 178 Å². The van der Waals surface area contributed by atoms with E-state index in [-0.39, 0.29) is 30.2 Å². The Balaban J connectivity index is 1.67. The van der Waals surface area contributed by atoms with Gasteiger partial charge in [0, 0.05) is 24.5 Å². The second-order valence-corrected chi connectivity index (χ2v) is 8.88. The van der Waals surface area contributed by atoms with Crippen LogP contribution in [0.5, 0.6) is 0 Å². The first kappa shape index (κ1) is 23.0. The summed E-state index contributed by atoms with van der Waals surface area (Å²) in [5, 5.41) is 5.20. The van der Waals surface area contributed by atoms with Crippen molar-refractivity contribution >= 4 is 27.3 Å². The number of hydrogen-bond acceptors (Lipinski definition) is 5. The molecule has 11 heteroatoms. The summed E-state index contributed by atoms with van der Waals surface area (Å²) in [7, 11) is -3.71. The lowest BCUT2D eigenvalue weighted by Gasteiger charge is -2.27. The molecular formula is C20H22F3N3O4S. The molecule has 168 valence electrons. The average Bonchev–Trinajstić information content (AvgIpc) is 2.73. The van der Waals surface area contributed by atoms with Crippen molar-refractivity contribution in [1.82, 2.24) is 4.31 Å². The molecule has 0 saturated carbocycles. The highest BCUT2D eigenvalue weighted by Crippen LogP contribution is 2.30. The zero-order valence-electron chi connectivity index (χ0n) is 16.7. The number of rotatable bonds is 6. The van der Waals surface area contributed by atoms with Gasteiger partial charge in [-0.05, 0) is 42.8 Å². The molecule has 1 fully saturated rings. The first-order valence-corrected chi connectivity index (χ1v) is 10.9. The highest BCUT2D eigenvalue weighted by Gasteiger charge is 2.30. The zero-order valence-corrected chi connectivity index (χ0v) is 17.5. The molecule has 1 aliphatic rings. The molecule has 1 amide bonds. The lowest BCUT2D eigenvalue weighted by atomic mass is 10.2. The van der Waals surface area contributed by atoms with Gasteiger partial charge in [0.15, 0.2) is 0 Å². The lowest BCUT2D eigenvalue weighted by Crippen LogP contribution is -2.40. The Morgan fingerprint density at radius 3 is 2.48 bits per heavy atom. The van der Waals surface area contributed by atoms with Gasteiger partial charge in [-0.2, -0.15) is 17.5 Å². The molecule has 1 aliphatic heterocycles. The third kappa shape index (κ3) is 5.75. The van der Waals surface area contributed by atoms with Crippen LogP contribution in [-0.4, -0.2) is 51.5 Å². The molecule has 7 nitrogen and oxygen atoms in total. The number of nitrogens with zero attached hydrogens (tertiary/aromatic N) is 1. The molecule has 0 aliphatic carbocycles. The van der Waals surface area contributed by atoms with Crippen molar-refractivity contribution in [1.29, 1.82) is 0 Å². The van der Waals surface area contributed by atoms with Crippen LogP contribution in [0.3, 0.4) is 0 Å². The standard InChI is InChI=1S/C20H22F3N3O4S/c1-14-5-6-16(12-18(14)31(28,29)26-7-9-30-10-8-26)24-13-19(27)25-17-4-2-3-15(11-17)20(21,22)23/h2-6,11-12,24H,7-10,13H2,1H3,(H,25,27). The fourth-order valence-corrected chi connectivity index (χ4v) is 4.73. The second-order valence-electron chi connectivity index (χ2n) is 6.98. The number of alkyl halides is 3. The van der Waals surface area contributed by atoms with E-state index in [1.807, 2.05) is 0 Å². The number of benzene rings is 2. The van der Waals surface area contributed by atoms with Gasteiger partial charge in [0.25, 0.3) is 0 Å². The van der Waals surface area contributed by atoms with E-state index in [0.717, 1.165) is 12.1 Å². The predicted molar refractivity (Wildman–Crippen MR) is 109 cm³/mol. The molecule has 2 N–H and O–H groups in total. The summed E-state index contributed by atoms with van der Waals surface area (Å²) in [5.74, 6) is -0.572. The van der Waals surface area contributed by atoms with Crippen LogP contribution in [0.25, 0.3) is 0 Å². The Morgan fingerprint density at radius 2 is 1.81 bits per heavy atom. The first-order chi connectivity index (χ1) is 14.6. The smallest absolute Gasteiger partial charge is 0.379 e. The number of sulfonamides is 1. The number of carbonyl (C=O) groups excluding carboxylic acids is 1. The monoisotopic (exact) mass is 457 g/mol. The van der Waals surface area contributed by atoms with Crippen LogP contribution in [0.1, 0.15) is 11.1 Å². The van der Waals surface area contributed by atoms with Gasteiger partial charge < -0.3 is 15.4 Å². The summed E-state index contributed by atoms with van der Waals surface area (Å²) in [6, 6.07) is 9.01. The van der Waals surface area contributed by atoms with Crippen LogP contribution in [-0.2, 0) is 25.7 Å². The molecule has 0 aromatic heterocycles. The van der Waals surface area contributed by atoms with Gasteiger partial charge in [-0.1, -0.05) is 12.1 Å². The number of carbonyl (C=O) groups is 1. The van der Waals surface area contributed by atoms with E-state index in [4.69, 9.17) is 4.74 Å². The molecule has 0 atom stereocenters. The maximum absolute atomic E-state index is 12.9. The van der Waals surface area contributed by atoms with Crippen molar-refractivity contribution in [2.45, 2.75) is 18.0 Å². The fraction of sp³-hybridized carbons (Fsp3) is 0.350. The van der Waals surface area contributed by atoms with Crippen molar-refractivity contribution in [3.63, 3.8) is 0 Å². The second kappa shape index (κ2) is 9.25. The van der Waals surface area contributed by atoms with Crippen molar-refractivity contribution in [2.75, 3.05) is 43.5 Å². The third-order valence-electron chi connectivity index (χ3n) is 4.70. The van der Waals surface area contributed by atoms with Crippen molar-refractivity contribution in [2.24, 2.45) is 0 Å². The van der Waals surface area contributed by atoms with Crippen LogP contribution in [0, 0.1) is 6.92 Å². The van der Waals surface area contributed by atoms with Gasteiger partial charge in [0.1, 0.15) is 0 Å². The number of anilines is 2. The molecule has 1 saturated heterocycles. The predicted octanol–water partition coefficient (Wildman–Crippen LogP) is 3.09. The lowest BCUT2D eigenvalue weighted by molar-refractivity contribution is -0.137. The SMILES string of the molecule is Cc1ccc(NCC(=O)Nc2cccc(C(F)(F)F)c2)cc1S(=O)(=O)N1CCOCC1. The molecule has 2 aromatic rings. The fourth-order valence-electron chi connectivity index (χ4n) is 3.07.